The molecular weight excluding hydrogens is 264 g/mol. The van der Waals surface area contributed by atoms with Crippen LogP contribution >= 0.6 is 0 Å². The molecule has 0 radical (unpaired) electrons. The molecule has 2 rings (SSSR count). The molecule has 21 heavy (non-hydrogen) atoms. The van der Waals surface area contributed by atoms with Gasteiger partial charge in [0.05, 0.1) is 12.7 Å². The number of benzene rings is 2. The minimum atomic E-state index is 0.505. The largest absolute Gasteiger partial charge is 0.493 e. The molecular formula is C17H18N2O2. The van der Waals surface area contributed by atoms with Crippen molar-refractivity contribution in [1.29, 1.82) is 5.26 Å². The number of hydrogen-bond acceptors (Lipinski definition) is 4. The molecule has 0 spiro atoms. The average Bonchev–Trinajstić information content (AvgIpc) is 2.50. The van der Waals surface area contributed by atoms with Gasteiger partial charge in [-0.2, -0.15) is 5.26 Å². The van der Waals surface area contributed by atoms with Gasteiger partial charge in [0.1, 0.15) is 11.8 Å². The maximum atomic E-state index is 9.28. The number of nitrogens with zero attached hydrogens (tertiary/aromatic N) is 1. The summed E-state index contributed by atoms with van der Waals surface area (Å²) in [4.78, 5) is 0. The van der Waals surface area contributed by atoms with Crippen molar-refractivity contribution >= 4 is 0 Å². The highest BCUT2D eigenvalue weighted by Crippen LogP contribution is 2.33. The summed E-state index contributed by atoms with van der Waals surface area (Å²) in [5.74, 6) is 1.78. The van der Waals surface area contributed by atoms with Crippen molar-refractivity contribution in [2.75, 3.05) is 14.2 Å². The lowest BCUT2D eigenvalue weighted by molar-refractivity contribution is 0.378. The van der Waals surface area contributed by atoms with Gasteiger partial charge < -0.3 is 14.8 Å². The zero-order valence-corrected chi connectivity index (χ0v) is 12.4. The standard InChI is InChI=1S/C17H18N2O2/c1-12-4-6-16(17(8-12)20-3)21-15-7-5-13(11-19-2)9-14(15)10-18/h4-9,19H,11H2,1-3H3. The van der Waals surface area contributed by atoms with Gasteiger partial charge >= 0.3 is 0 Å². The Morgan fingerprint density at radius 3 is 2.52 bits per heavy atom. The molecule has 0 amide bonds. The first-order valence-corrected chi connectivity index (χ1v) is 6.68. The molecule has 108 valence electrons. The summed E-state index contributed by atoms with van der Waals surface area (Å²) in [6.45, 7) is 2.70. The summed E-state index contributed by atoms with van der Waals surface area (Å²) in [6, 6.07) is 13.4. The van der Waals surface area contributed by atoms with E-state index in [1.165, 1.54) is 0 Å². The molecule has 4 nitrogen and oxygen atoms in total. The maximum absolute atomic E-state index is 9.28. The molecule has 0 aliphatic heterocycles. The average molecular weight is 282 g/mol. The summed E-state index contributed by atoms with van der Waals surface area (Å²) in [5, 5.41) is 12.3. The Balaban J connectivity index is 2.33. The molecule has 1 N–H and O–H groups in total. The number of nitrogens with one attached hydrogen (secondary N) is 1. The summed E-state index contributed by atoms with van der Waals surface area (Å²) in [5.41, 5.74) is 2.63. The molecule has 0 fully saturated rings. The molecule has 0 heterocycles. The Morgan fingerprint density at radius 2 is 1.86 bits per heavy atom. The lowest BCUT2D eigenvalue weighted by Gasteiger charge is -2.12. The minimum Gasteiger partial charge on any atom is -0.493 e. The highest BCUT2D eigenvalue weighted by atomic mass is 16.5. The van der Waals surface area contributed by atoms with Crippen LogP contribution in [0.1, 0.15) is 16.7 Å². The number of methoxy groups -OCH3 is 1. The summed E-state index contributed by atoms with van der Waals surface area (Å²) in [6.07, 6.45) is 0. The van der Waals surface area contributed by atoms with Crippen molar-refractivity contribution < 1.29 is 9.47 Å². The molecule has 2 aromatic rings. The number of aryl methyl sites for hydroxylation is 1. The Morgan fingerprint density at radius 1 is 1.10 bits per heavy atom. The molecule has 0 aliphatic rings. The normalized spacial score (nSPS) is 10.0. The van der Waals surface area contributed by atoms with Crippen LogP contribution in [0.2, 0.25) is 0 Å². The first-order chi connectivity index (χ1) is 10.2. The quantitative estimate of drug-likeness (QED) is 0.913. The number of rotatable bonds is 5. The monoisotopic (exact) mass is 282 g/mol. The van der Waals surface area contributed by atoms with E-state index in [1.807, 2.05) is 50.4 Å². The van der Waals surface area contributed by atoms with Gasteiger partial charge in [-0.25, -0.2) is 0 Å². The Hall–Kier alpha value is -2.51. The van der Waals surface area contributed by atoms with E-state index in [0.717, 1.165) is 11.1 Å². The maximum Gasteiger partial charge on any atom is 0.169 e. The van der Waals surface area contributed by atoms with Gasteiger partial charge in [-0.05, 0) is 49.4 Å². The van der Waals surface area contributed by atoms with Crippen LogP contribution < -0.4 is 14.8 Å². The van der Waals surface area contributed by atoms with Gasteiger partial charge in [-0.15, -0.1) is 0 Å². The third-order valence-electron chi connectivity index (χ3n) is 3.08. The highest BCUT2D eigenvalue weighted by molar-refractivity contribution is 5.50. The molecule has 0 aliphatic carbocycles. The van der Waals surface area contributed by atoms with E-state index in [0.29, 0.717) is 29.4 Å². The topological polar surface area (TPSA) is 54.3 Å². The van der Waals surface area contributed by atoms with Gasteiger partial charge in [0.15, 0.2) is 11.5 Å². The van der Waals surface area contributed by atoms with Crippen LogP contribution in [-0.4, -0.2) is 14.2 Å². The number of hydrogen-bond donors (Lipinski definition) is 1. The third kappa shape index (κ3) is 3.53. The van der Waals surface area contributed by atoms with E-state index in [9.17, 15) is 5.26 Å². The van der Waals surface area contributed by atoms with E-state index in [4.69, 9.17) is 9.47 Å². The minimum absolute atomic E-state index is 0.505. The van der Waals surface area contributed by atoms with Crippen molar-refractivity contribution in [2.45, 2.75) is 13.5 Å². The van der Waals surface area contributed by atoms with Crippen molar-refractivity contribution in [3.05, 3.63) is 53.1 Å². The van der Waals surface area contributed by atoms with Crippen LogP contribution in [0.3, 0.4) is 0 Å². The fourth-order valence-corrected chi connectivity index (χ4v) is 2.05. The number of ether oxygens (including phenoxy) is 2. The summed E-state index contributed by atoms with van der Waals surface area (Å²) < 4.78 is 11.2. The van der Waals surface area contributed by atoms with Gasteiger partial charge in [-0.3, -0.25) is 0 Å². The fourth-order valence-electron chi connectivity index (χ4n) is 2.05. The van der Waals surface area contributed by atoms with Crippen LogP contribution in [0.5, 0.6) is 17.2 Å². The second kappa shape index (κ2) is 6.78. The van der Waals surface area contributed by atoms with Crippen LogP contribution in [0.15, 0.2) is 36.4 Å². The van der Waals surface area contributed by atoms with Crippen LogP contribution in [0, 0.1) is 18.3 Å². The molecule has 0 saturated heterocycles. The molecule has 0 saturated carbocycles. The van der Waals surface area contributed by atoms with E-state index >= 15 is 0 Å². The summed E-state index contributed by atoms with van der Waals surface area (Å²) >= 11 is 0. The molecule has 2 aromatic carbocycles. The Labute approximate surface area is 124 Å². The summed E-state index contributed by atoms with van der Waals surface area (Å²) in [7, 11) is 3.47. The fraction of sp³-hybridized carbons (Fsp3) is 0.235. The first kappa shape index (κ1) is 14.9. The molecule has 0 unspecified atom stereocenters. The SMILES string of the molecule is CNCc1ccc(Oc2ccc(C)cc2OC)c(C#N)c1. The highest BCUT2D eigenvalue weighted by Gasteiger charge is 2.10. The van der Waals surface area contributed by atoms with Crippen LogP contribution in [-0.2, 0) is 6.54 Å². The zero-order chi connectivity index (χ0) is 15.2. The smallest absolute Gasteiger partial charge is 0.169 e. The second-order valence-electron chi connectivity index (χ2n) is 4.73. The van der Waals surface area contributed by atoms with E-state index < -0.39 is 0 Å². The lowest BCUT2D eigenvalue weighted by Crippen LogP contribution is -2.05. The Kier molecular flexibility index (Phi) is 4.81. The molecule has 4 heteroatoms. The predicted octanol–water partition coefficient (Wildman–Crippen LogP) is 3.39. The van der Waals surface area contributed by atoms with Gasteiger partial charge in [0.2, 0.25) is 0 Å². The van der Waals surface area contributed by atoms with Gasteiger partial charge in [-0.1, -0.05) is 12.1 Å². The van der Waals surface area contributed by atoms with Gasteiger partial charge in [0, 0.05) is 6.54 Å². The van der Waals surface area contributed by atoms with Crippen molar-refractivity contribution in [3.63, 3.8) is 0 Å². The van der Waals surface area contributed by atoms with Crippen molar-refractivity contribution in [2.24, 2.45) is 0 Å². The first-order valence-electron chi connectivity index (χ1n) is 6.68. The van der Waals surface area contributed by atoms with Crippen LogP contribution in [0.25, 0.3) is 0 Å². The van der Waals surface area contributed by atoms with Gasteiger partial charge in [0.25, 0.3) is 0 Å². The van der Waals surface area contributed by atoms with E-state index in [2.05, 4.69) is 11.4 Å². The van der Waals surface area contributed by atoms with Crippen LogP contribution in [0.4, 0.5) is 0 Å². The molecule has 0 aromatic heterocycles. The van der Waals surface area contributed by atoms with E-state index in [1.54, 1.807) is 7.11 Å². The predicted molar refractivity (Wildman–Crippen MR) is 81.7 cm³/mol. The molecule has 0 atom stereocenters. The number of nitriles is 1. The van der Waals surface area contributed by atoms with Crippen molar-refractivity contribution in [3.8, 4) is 23.3 Å². The lowest BCUT2D eigenvalue weighted by atomic mass is 10.1. The second-order valence-corrected chi connectivity index (χ2v) is 4.73. The Bertz CT molecular complexity index is 675. The molecule has 0 bridgehead atoms. The third-order valence-corrected chi connectivity index (χ3v) is 3.08. The van der Waals surface area contributed by atoms with Crippen molar-refractivity contribution in [1.82, 2.24) is 5.32 Å². The zero-order valence-electron chi connectivity index (χ0n) is 12.4. The van der Waals surface area contributed by atoms with E-state index in [-0.39, 0.29) is 0 Å².